The molecule has 0 radical (unpaired) electrons. The summed E-state index contributed by atoms with van der Waals surface area (Å²) in [6.45, 7) is 3.98. The molecule has 0 saturated carbocycles. The van der Waals surface area contributed by atoms with E-state index in [0.717, 1.165) is 49.9 Å². The predicted molar refractivity (Wildman–Crippen MR) is 97.8 cm³/mol. The van der Waals surface area contributed by atoms with Crippen molar-refractivity contribution in [2.24, 2.45) is 5.10 Å². The first kappa shape index (κ1) is 17.0. The van der Waals surface area contributed by atoms with Crippen molar-refractivity contribution in [3.8, 4) is 0 Å². The number of furan rings is 1. The van der Waals surface area contributed by atoms with E-state index in [0.29, 0.717) is 12.8 Å². The maximum atomic E-state index is 12.9. The fourth-order valence-electron chi connectivity index (χ4n) is 3.44. The summed E-state index contributed by atoms with van der Waals surface area (Å²) in [4.78, 5) is 15.2. The minimum absolute atomic E-state index is 0.0313. The molecule has 0 aliphatic carbocycles. The van der Waals surface area contributed by atoms with E-state index in [9.17, 15) is 4.79 Å². The van der Waals surface area contributed by atoms with Crippen LogP contribution in [0.2, 0.25) is 0 Å². The number of amides is 1. The van der Waals surface area contributed by atoms with Crippen LogP contribution in [0.15, 0.2) is 58.2 Å². The Kier molecular flexibility index (Phi) is 5.13. The minimum Gasteiger partial charge on any atom is -0.467 e. The second-order valence-electron chi connectivity index (χ2n) is 6.59. The summed E-state index contributed by atoms with van der Waals surface area (Å²) >= 11 is 0. The molecule has 0 unspecified atom stereocenters. The third kappa shape index (κ3) is 3.71. The molecule has 1 saturated heterocycles. The lowest BCUT2D eigenvalue weighted by Gasteiger charge is -2.27. The van der Waals surface area contributed by atoms with E-state index in [1.54, 1.807) is 11.3 Å². The van der Waals surface area contributed by atoms with Crippen molar-refractivity contribution >= 4 is 11.6 Å². The van der Waals surface area contributed by atoms with Gasteiger partial charge in [-0.25, -0.2) is 5.01 Å². The molecule has 3 heterocycles. The van der Waals surface area contributed by atoms with Crippen LogP contribution in [-0.4, -0.2) is 54.4 Å². The first-order valence-corrected chi connectivity index (χ1v) is 9.10. The van der Waals surface area contributed by atoms with Crippen LogP contribution in [0.5, 0.6) is 0 Å². The molecule has 0 bridgehead atoms. The van der Waals surface area contributed by atoms with Gasteiger partial charge in [0, 0.05) is 32.5 Å². The topological polar surface area (TPSA) is 58.3 Å². The maximum absolute atomic E-state index is 12.9. The molecule has 1 aromatic heterocycles. The summed E-state index contributed by atoms with van der Waals surface area (Å²) in [5.74, 6) is 0.809. The first-order chi connectivity index (χ1) is 12.8. The summed E-state index contributed by atoms with van der Waals surface area (Å²) in [5.41, 5.74) is 1.97. The highest BCUT2D eigenvalue weighted by Crippen LogP contribution is 2.33. The Bertz CT molecular complexity index is 752. The third-order valence-electron chi connectivity index (χ3n) is 4.89. The van der Waals surface area contributed by atoms with Crippen molar-refractivity contribution in [1.29, 1.82) is 0 Å². The molecule has 0 spiro atoms. The molecule has 1 fully saturated rings. The predicted octanol–water partition coefficient (Wildman–Crippen LogP) is 2.68. The van der Waals surface area contributed by atoms with Gasteiger partial charge in [0.2, 0.25) is 5.91 Å². The fourth-order valence-corrected chi connectivity index (χ4v) is 3.44. The largest absolute Gasteiger partial charge is 0.467 e. The van der Waals surface area contributed by atoms with Crippen LogP contribution in [0.1, 0.15) is 30.2 Å². The molecule has 1 atom stereocenters. The number of nitrogens with zero attached hydrogens (tertiary/aromatic N) is 3. The molecule has 2 aliphatic rings. The Morgan fingerprint density at radius 1 is 1.12 bits per heavy atom. The number of hydrogen-bond acceptors (Lipinski definition) is 5. The SMILES string of the molecule is O=C(CCN1CCOCC1)N1N=C(c2ccccc2)C[C@H]1c1ccco1. The minimum atomic E-state index is -0.169. The van der Waals surface area contributed by atoms with Crippen molar-refractivity contribution < 1.29 is 13.9 Å². The van der Waals surface area contributed by atoms with E-state index in [2.05, 4.69) is 10.0 Å². The number of hydrogen-bond donors (Lipinski definition) is 0. The van der Waals surface area contributed by atoms with E-state index in [-0.39, 0.29) is 11.9 Å². The van der Waals surface area contributed by atoms with Gasteiger partial charge in [-0.1, -0.05) is 30.3 Å². The van der Waals surface area contributed by atoms with E-state index >= 15 is 0 Å². The molecule has 2 aromatic rings. The van der Waals surface area contributed by atoms with Gasteiger partial charge in [0.15, 0.2) is 0 Å². The van der Waals surface area contributed by atoms with Gasteiger partial charge < -0.3 is 9.15 Å². The number of benzene rings is 1. The smallest absolute Gasteiger partial charge is 0.244 e. The second-order valence-corrected chi connectivity index (χ2v) is 6.59. The van der Waals surface area contributed by atoms with Crippen molar-refractivity contribution in [2.45, 2.75) is 18.9 Å². The number of carbonyl (C=O) groups is 1. The van der Waals surface area contributed by atoms with Crippen LogP contribution in [0.3, 0.4) is 0 Å². The molecule has 1 aromatic carbocycles. The quantitative estimate of drug-likeness (QED) is 0.829. The molecule has 1 amide bonds. The zero-order valence-electron chi connectivity index (χ0n) is 14.7. The van der Waals surface area contributed by atoms with Gasteiger partial charge >= 0.3 is 0 Å². The highest BCUT2D eigenvalue weighted by molar-refractivity contribution is 6.03. The van der Waals surface area contributed by atoms with Crippen molar-refractivity contribution in [3.05, 3.63) is 60.1 Å². The van der Waals surface area contributed by atoms with Gasteiger partial charge in [-0.15, -0.1) is 0 Å². The molecule has 136 valence electrons. The van der Waals surface area contributed by atoms with Gasteiger partial charge in [-0.2, -0.15) is 5.10 Å². The molecule has 6 nitrogen and oxygen atoms in total. The van der Waals surface area contributed by atoms with Gasteiger partial charge in [0.05, 0.1) is 25.2 Å². The summed E-state index contributed by atoms with van der Waals surface area (Å²) < 4.78 is 10.9. The normalized spacial score (nSPS) is 21.0. The molecular formula is C20H23N3O3. The van der Waals surface area contributed by atoms with Crippen LogP contribution in [-0.2, 0) is 9.53 Å². The summed E-state index contributed by atoms with van der Waals surface area (Å²) in [5, 5.41) is 6.27. The van der Waals surface area contributed by atoms with Crippen LogP contribution in [0.25, 0.3) is 0 Å². The van der Waals surface area contributed by atoms with Gasteiger partial charge in [0.1, 0.15) is 11.8 Å². The lowest BCUT2D eigenvalue weighted by Crippen LogP contribution is -2.39. The van der Waals surface area contributed by atoms with Crippen LogP contribution in [0.4, 0.5) is 0 Å². The number of carbonyl (C=O) groups excluding carboxylic acids is 1. The summed E-state index contributed by atoms with van der Waals surface area (Å²) in [6.07, 6.45) is 2.76. The van der Waals surface area contributed by atoms with Crippen molar-refractivity contribution in [3.63, 3.8) is 0 Å². The number of ether oxygens (including phenoxy) is 1. The fraction of sp³-hybridized carbons (Fsp3) is 0.400. The molecule has 4 rings (SSSR count). The molecular weight excluding hydrogens is 330 g/mol. The highest BCUT2D eigenvalue weighted by Gasteiger charge is 2.34. The lowest BCUT2D eigenvalue weighted by atomic mass is 10.0. The molecule has 2 aliphatic heterocycles. The van der Waals surface area contributed by atoms with Crippen LogP contribution >= 0.6 is 0 Å². The molecule has 6 heteroatoms. The molecule has 26 heavy (non-hydrogen) atoms. The Labute approximate surface area is 153 Å². The van der Waals surface area contributed by atoms with Crippen LogP contribution < -0.4 is 0 Å². The van der Waals surface area contributed by atoms with Gasteiger partial charge in [-0.3, -0.25) is 9.69 Å². The summed E-state index contributed by atoms with van der Waals surface area (Å²) in [6, 6.07) is 13.6. The Balaban J connectivity index is 1.49. The average molecular weight is 353 g/mol. The lowest BCUT2D eigenvalue weighted by molar-refractivity contribution is -0.134. The Morgan fingerprint density at radius 3 is 2.65 bits per heavy atom. The third-order valence-corrected chi connectivity index (χ3v) is 4.89. The molecule has 0 N–H and O–H groups in total. The average Bonchev–Trinajstić information content (AvgIpc) is 3.37. The Hall–Kier alpha value is -2.44. The van der Waals surface area contributed by atoms with E-state index in [4.69, 9.17) is 9.15 Å². The van der Waals surface area contributed by atoms with Gasteiger partial charge in [0.25, 0.3) is 0 Å². The second kappa shape index (κ2) is 7.85. The van der Waals surface area contributed by atoms with E-state index in [1.807, 2.05) is 42.5 Å². The number of morpholine rings is 1. The zero-order valence-corrected chi connectivity index (χ0v) is 14.7. The van der Waals surface area contributed by atoms with Gasteiger partial charge in [-0.05, 0) is 17.7 Å². The van der Waals surface area contributed by atoms with Crippen LogP contribution in [0, 0.1) is 0 Å². The maximum Gasteiger partial charge on any atom is 0.244 e. The van der Waals surface area contributed by atoms with E-state index < -0.39 is 0 Å². The standard InChI is InChI=1S/C20H23N3O3/c24-20(8-9-22-10-13-25-14-11-22)23-18(19-7-4-12-26-19)15-17(21-23)16-5-2-1-3-6-16/h1-7,12,18H,8-11,13-15H2/t18-/m0/s1. The summed E-state index contributed by atoms with van der Waals surface area (Å²) in [7, 11) is 0. The van der Waals surface area contributed by atoms with E-state index in [1.165, 1.54) is 0 Å². The van der Waals surface area contributed by atoms with Crippen molar-refractivity contribution in [1.82, 2.24) is 9.91 Å². The van der Waals surface area contributed by atoms with Crippen molar-refractivity contribution in [2.75, 3.05) is 32.8 Å². The monoisotopic (exact) mass is 353 g/mol. The number of rotatable bonds is 5. The first-order valence-electron chi connectivity index (χ1n) is 9.10. The zero-order chi connectivity index (χ0) is 17.8. The number of hydrazone groups is 1. The Morgan fingerprint density at radius 2 is 1.92 bits per heavy atom. The highest BCUT2D eigenvalue weighted by atomic mass is 16.5.